The van der Waals surface area contributed by atoms with Crippen LogP contribution in [0.1, 0.15) is 38.8 Å². The molecular weight excluding hydrogens is 326 g/mol. The van der Waals surface area contributed by atoms with Crippen molar-refractivity contribution in [2.45, 2.75) is 33.2 Å². The molecule has 0 spiro atoms. The summed E-state index contributed by atoms with van der Waals surface area (Å²) in [4.78, 5) is 24.0. The zero-order valence-electron chi connectivity index (χ0n) is 15.6. The Labute approximate surface area is 155 Å². The molecule has 26 heavy (non-hydrogen) atoms. The van der Waals surface area contributed by atoms with Crippen LogP contribution in [0.4, 0.5) is 11.4 Å². The molecule has 0 aliphatic heterocycles. The van der Waals surface area contributed by atoms with Crippen LogP contribution < -0.4 is 16.0 Å². The van der Waals surface area contributed by atoms with Crippen molar-refractivity contribution in [1.29, 1.82) is 0 Å². The molecule has 0 fully saturated rings. The first-order valence-corrected chi connectivity index (χ1v) is 8.98. The van der Waals surface area contributed by atoms with Gasteiger partial charge in [0.05, 0.1) is 6.54 Å². The monoisotopic (exact) mass is 353 g/mol. The number of hydrogen-bond acceptors (Lipinski definition) is 3. The van der Waals surface area contributed by atoms with Gasteiger partial charge in [0.2, 0.25) is 11.8 Å². The molecule has 0 aromatic heterocycles. The number of carbonyl (C=O) groups is 2. The Hall–Kier alpha value is -2.66. The van der Waals surface area contributed by atoms with Gasteiger partial charge in [-0.3, -0.25) is 9.59 Å². The van der Waals surface area contributed by atoms with Gasteiger partial charge in [-0.2, -0.15) is 0 Å². The number of rotatable bonds is 8. The van der Waals surface area contributed by atoms with E-state index in [9.17, 15) is 9.59 Å². The number of carbonyl (C=O) groups excluding carboxylic acids is 2. The van der Waals surface area contributed by atoms with Crippen LogP contribution in [0.5, 0.6) is 0 Å². The lowest BCUT2D eigenvalue weighted by Gasteiger charge is -2.17. The highest BCUT2D eigenvalue weighted by molar-refractivity contribution is 5.95. The van der Waals surface area contributed by atoms with Gasteiger partial charge in [-0.25, -0.2) is 0 Å². The van der Waals surface area contributed by atoms with Crippen molar-refractivity contribution in [1.82, 2.24) is 5.32 Å². The average molecular weight is 353 g/mol. The summed E-state index contributed by atoms with van der Waals surface area (Å²) in [6.07, 6.45) is 0.897. The quantitative estimate of drug-likeness (QED) is 0.673. The maximum absolute atomic E-state index is 12.2. The lowest BCUT2D eigenvalue weighted by Crippen LogP contribution is -2.31. The summed E-state index contributed by atoms with van der Waals surface area (Å²) in [5.41, 5.74) is 2.50. The molecule has 2 aromatic carbocycles. The highest BCUT2D eigenvalue weighted by atomic mass is 16.2. The van der Waals surface area contributed by atoms with Gasteiger partial charge >= 0.3 is 0 Å². The standard InChI is InChI=1S/C21H27N3O2/c1-4-19(16-9-6-5-7-10-16)22-14-20(25)23-17-11-8-12-18(13-17)24-21(26)15(2)3/h5-13,15,19,22H,4,14H2,1-3H3,(H,23,25)(H,24,26). The molecule has 1 atom stereocenters. The van der Waals surface area contributed by atoms with E-state index in [1.165, 1.54) is 5.56 Å². The van der Waals surface area contributed by atoms with Gasteiger partial charge in [-0.1, -0.05) is 57.2 Å². The number of hydrogen-bond donors (Lipinski definition) is 3. The summed E-state index contributed by atoms with van der Waals surface area (Å²) < 4.78 is 0. The minimum atomic E-state index is -0.119. The first-order chi connectivity index (χ1) is 12.5. The smallest absolute Gasteiger partial charge is 0.238 e. The van der Waals surface area contributed by atoms with Gasteiger partial charge in [0.25, 0.3) is 0 Å². The predicted molar refractivity (Wildman–Crippen MR) is 106 cm³/mol. The van der Waals surface area contributed by atoms with Crippen molar-refractivity contribution < 1.29 is 9.59 Å². The second-order valence-corrected chi connectivity index (χ2v) is 6.53. The van der Waals surface area contributed by atoms with Gasteiger partial charge in [0, 0.05) is 23.3 Å². The second-order valence-electron chi connectivity index (χ2n) is 6.53. The molecule has 5 heteroatoms. The molecule has 0 aliphatic carbocycles. The highest BCUT2D eigenvalue weighted by Crippen LogP contribution is 2.17. The lowest BCUT2D eigenvalue weighted by atomic mass is 10.0. The van der Waals surface area contributed by atoms with Crippen LogP contribution in [0.3, 0.4) is 0 Å². The fraction of sp³-hybridized carbons (Fsp3) is 0.333. The maximum atomic E-state index is 12.2. The third kappa shape index (κ3) is 6.01. The Morgan fingerprint density at radius 1 is 0.923 bits per heavy atom. The molecule has 0 aliphatic rings. The van der Waals surface area contributed by atoms with E-state index in [0.29, 0.717) is 11.4 Å². The van der Waals surface area contributed by atoms with Crippen molar-refractivity contribution in [3.8, 4) is 0 Å². The number of amides is 2. The molecule has 1 unspecified atom stereocenters. The van der Waals surface area contributed by atoms with Gasteiger partial charge in [0.15, 0.2) is 0 Å². The van der Waals surface area contributed by atoms with E-state index >= 15 is 0 Å². The van der Waals surface area contributed by atoms with E-state index in [4.69, 9.17) is 0 Å². The molecule has 0 heterocycles. The summed E-state index contributed by atoms with van der Waals surface area (Å²) in [5.74, 6) is -0.267. The molecular formula is C21H27N3O2. The zero-order valence-corrected chi connectivity index (χ0v) is 15.6. The summed E-state index contributed by atoms with van der Waals surface area (Å²) in [6.45, 7) is 5.98. The Balaban J connectivity index is 1.90. The summed E-state index contributed by atoms with van der Waals surface area (Å²) in [5, 5.41) is 8.98. The fourth-order valence-corrected chi connectivity index (χ4v) is 2.57. The molecule has 2 rings (SSSR count). The predicted octanol–water partition coefficient (Wildman–Crippen LogP) is 3.96. The van der Waals surface area contributed by atoms with E-state index in [-0.39, 0.29) is 30.3 Å². The van der Waals surface area contributed by atoms with Crippen LogP contribution in [-0.2, 0) is 9.59 Å². The van der Waals surface area contributed by atoms with Crippen LogP contribution in [-0.4, -0.2) is 18.4 Å². The van der Waals surface area contributed by atoms with Crippen LogP contribution >= 0.6 is 0 Å². The van der Waals surface area contributed by atoms with E-state index in [0.717, 1.165) is 6.42 Å². The molecule has 0 radical (unpaired) electrons. The van der Waals surface area contributed by atoms with Crippen molar-refractivity contribution in [2.75, 3.05) is 17.2 Å². The lowest BCUT2D eigenvalue weighted by molar-refractivity contribution is -0.119. The summed E-state index contributed by atoms with van der Waals surface area (Å²) >= 11 is 0. The summed E-state index contributed by atoms with van der Waals surface area (Å²) in [6, 6.07) is 17.4. The first kappa shape index (κ1) is 19.7. The van der Waals surface area contributed by atoms with Gasteiger partial charge < -0.3 is 16.0 Å². The third-order valence-corrected chi connectivity index (χ3v) is 4.06. The van der Waals surface area contributed by atoms with Gasteiger partial charge in [-0.05, 0) is 30.2 Å². The molecule has 5 nitrogen and oxygen atoms in total. The molecule has 2 aromatic rings. The van der Waals surface area contributed by atoms with Crippen molar-refractivity contribution in [2.24, 2.45) is 5.92 Å². The number of benzene rings is 2. The van der Waals surface area contributed by atoms with E-state index in [2.05, 4.69) is 35.0 Å². The fourth-order valence-electron chi connectivity index (χ4n) is 2.57. The van der Waals surface area contributed by atoms with E-state index < -0.39 is 0 Å². The maximum Gasteiger partial charge on any atom is 0.238 e. The van der Waals surface area contributed by atoms with Crippen LogP contribution in [0, 0.1) is 5.92 Å². The van der Waals surface area contributed by atoms with Crippen molar-refractivity contribution in [3.05, 3.63) is 60.2 Å². The Morgan fingerprint density at radius 2 is 1.58 bits per heavy atom. The van der Waals surface area contributed by atoms with Crippen LogP contribution in [0.25, 0.3) is 0 Å². The van der Waals surface area contributed by atoms with E-state index in [1.807, 2.05) is 32.0 Å². The van der Waals surface area contributed by atoms with Crippen molar-refractivity contribution in [3.63, 3.8) is 0 Å². The SMILES string of the molecule is CCC(NCC(=O)Nc1cccc(NC(=O)C(C)C)c1)c1ccccc1. The van der Waals surface area contributed by atoms with Crippen LogP contribution in [0.15, 0.2) is 54.6 Å². The largest absolute Gasteiger partial charge is 0.326 e. The summed E-state index contributed by atoms with van der Waals surface area (Å²) in [7, 11) is 0. The van der Waals surface area contributed by atoms with Crippen molar-refractivity contribution >= 4 is 23.2 Å². The average Bonchev–Trinajstić information content (AvgIpc) is 2.63. The molecule has 0 saturated heterocycles. The highest BCUT2D eigenvalue weighted by Gasteiger charge is 2.11. The second kappa shape index (κ2) is 9.73. The number of nitrogens with one attached hydrogen (secondary N) is 3. The molecule has 0 bridgehead atoms. The van der Waals surface area contributed by atoms with Gasteiger partial charge in [0.1, 0.15) is 0 Å². The van der Waals surface area contributed by atoms with Crippen LogP contribution in [0.2, 0.25) is 0 Å². The third-order valence-electron chi connectivity index (χ3n) is 4.06. The first-order valence-electron chi connectivity index (χ1n) is 8.98. The Bertz CT molecular complexity index is 729. The zero-order chi connectivity index (χ0) is 18.9. The van der Waals surface area contributed by atoms with Gasteiger partial charge in [-0.15, -0.1) is 0 Å². The minimum absolute atomic E-state index is 0.0520. The minimum Gasteiger partial charge on any atom is -0.326 e. The molecule has 138 valence electrons. The molecule has 0 saturated carbocycles. The Morgan fingerprint density at radius 3 is 2.19 bits per heavy atom. The normalized spacial score (nSPS) is 11.8. The topological polar surface area (TPSA) is 70.2 Å². The van der Waals surface area contributed by atoms with E-state index in [1.54, 1.807) is 24.3 Å². The number of anilines is 2. The molecule has 2 amide bonds. The molecule has 3 N–H and O–H groups in total. The Kier molecular flexibility index (Phi) is 7.36.